The maximum Gasteiger partial charge on any atom is 0.222 e. The molecule has 1 aliphatic rings. The number of aryl methyl sites for hydroxylation is 1. The van der Waals surface area contributed by atoms with Crippen molar-refractivity contribution in [1.29, 1.82) is 0 Å². The molecule has 92 valence electrons. The zero-order chi connectivity index (χ0) is 12.3. The SMILES string of the molecule is CCc1cc(CN2CCCC2=O)ccc1OC. The molecule has 0 spiro atoms. The Balaban J connectivity index is 2.13. The van der Waals surface area contributed by atoms with E-state index in [1.165, 1.54) is 11.1 Å². The Morgan fingerprint density at radius 3 is 2.82 bits per heavy atom. The molecule has 1 amide bonds. The molecule has 3 nitrogen and oxygen atoms in total. The molecule has 1 aromatic rings. The molecule has 1 aromatic carbocycles. The lowest BCUT2D eigenvalue weighted by Gasteiger charge is -2.16. The lowest BCUT2D eigenvalue weighted by atomic mass is 10.1. The number of nitrogens with zero attached hydrogens (tertiary/aromatic N) is 1. The van der Waals surface area contributed by atoms with Gasteiger partial charge in [0.2, 0.25) is 5.91 Å². The van der Waals surface area contributed by atoms with Crippen molar-refractivity contribution in [1.82, 2.24) is 4.90 Å². The minimum absolute atomic E-state index is 0.277. The molecule has 1 heterocycles. The molecule has 1 fully saturated rings. The number of methoxy groups -OCH3 is 1. The van der Waals surface area contributed by atoms with Crippen molar-refractivity contribution in [3.05, 3.63) is 29.3 Å². The summed E-state index contributed by atoms with van der Waals surface area (Å²) >= 11 is 0. The molecule has 0 atom stereocenters. The average molecular weight is 233 g/mol. The van der Waals surface area contributed by atoms with E-state index in [1.54, 1.807) is 7.11 Å². The summed E-state index contributed by atoms with van der Waals surface area (Å²) in [7, 11) is 1.69. The van der Waals surface area contributed by atoms with Crippen molar-refractivity contribution < 1.29 is 9.53 Å². The van der Waals surface area contributed by atoms with Gasteiger partial charge in [0.05, 0.1) is 7.11 Å². The standard InChI is InChI=1S/C14H19NO2/c1-3-12-9-11(6-7-13(12)17-2)10-15-8-4-5-14(15)16/h6-7,9H,3-5,8,10H2,1-2H3. The number of benzene rings is 1. The second-order valence-electron chi connectivity index (χ2n) is 4.42. The van der Waals surface area contributed by atoms with Gasteiger partial charge in [0.1, 0.15) is 5.75 Å². The quantitative estimate of drug-likeness (QED) is 0.799. The van der Waals surface area contributed by atoms with Crippen molar-refractivity contribution in [3.63, 3.8) is 0 Å². The fourth-order valence-corrected chi connectivity index (χ4v) is 2.30. The summed E-state index contributed by atoms with van der Waals surface area (Å²) in [5.74, 6) is 1.21. The third-order valence-electron chi connectivity index (χ3n) is 3.27. The number of hydrogen-bond acceptors (Lipinski definition) is 2. The Morgan fingerprint density at radius 2 is 2.24 bits per heavy atom. The summed E-state index contributed by atoms with van der Waals surface area (Å²) in [6, 6.07) is 6.18. The second-order valence-corrected chi connectivity index (χ2v) is 4.42. The van der Waals surface area contributed by atoms with Gasteiger partial charge in [-0.05, 0) is 30.0 Å². The molecule has 0 aliphatic carbocycles. The van der Waals surface area contributed by atoms with Crippen molar-refractivity contribution in [2.24, 2.45) is 0 Å². The highest BCUT2D eigenvalue weighted by Crippen LogP contribution is 2.22. The molecule has 0 radical (unpaired) electrons. The van der Waals surface area contributed by atoms with Crippen LogP contribution in [0.4, 0.5) is 0 Å². The van der Waals surface area contributed by atoms with Gasteiger partial charge < -0.3 is 9.64 Å². The number of carbonyl (C=O) groups excluding carboxylic acids is 1. The minimum atomic E-state index is 0.277. The molecule has 1 aliphatic heterocycles. The largest absolute Gasteiger partial charge is 0.496 e. The molecular formula is C14H19NO2. The van der Waals surface area contributed by atoms with Crippen LogP contribution in [-0.4, -0.2) is 24.5 Å². The van der Waals surface area contributed by atoms with Crippen LogP contribution in [0, 0.1) is 0 Å². The highest BCUT2D eigenvalue weighted by molar-refractivity contribution is 5.78. The smallest absolute Gasteiger partial charge is 0.222 e. The second kappa shape index (κ2) is 5.21. The van der Waals surface area contributed by atoms with E-state index in [9.17, 15) is 4.79 Å². The molecule has 2 rings (SSSR count). The van der Waals surface area contributed by atoms with Crippen LogP contribution < -0.4 is 4.74 Å². The average Bonchev–Trinajstić information content (AvgIpc) is 2.75. The topological polar surface area (TPSA) is 29.5 Å². The third kappa shape index (κ3) is 2.60. The van der Waals surface area contributed by atoms with Gasteiger partial charge in [0.25, 0.3) is 0 Å². The highest BCUT2D eigenvalue weighted by Gasteiger charge is 2.20. The van der Waals surface area contributed by atoms with Crippen LogP contribution in [0.3, 0.4) is 0 Å². The van der Waals surface area contributed by atoms with Crippen LogP contribution in [0.15, 0.2) is 18.2 Å². The molecule has 0 unspecified atom stereocenters. The maximum absolute atomic E-state index is 11.6. The summed E-state index contributed by atoms with van der Waals surface area (Å²) in [5, 5.41) is 0. The number of carbonyl (C=O) groups is 1. The normalized spacial score (nSPS) is 15.4. The highest BCUT2D eigenvalue weighted by atomic mass is 16.5. The third-order valence-corrected chi connectivity index (χ3v) is 3.27. The van der Waals surface area contributed by atoms with Crippen LogP contribution in [0.5, 0.6) is 5.75 Å². The van der Waals surface area contributed by atoms with E-state index in [-0.39, 0.29) is 5.91 Å². The van der Waals surface area contributed by atoms with E-state index < -0.39 is 0 Å². The van der Waals surface area contributed by atoms with E-state index in [0.717, 1.165) is 31.7 Å². The Morgan fingerprint density at radius 1 is 1.41 bits per heavy atom. The van der Waals surface area contributed by atoms with Crippen molar-refractivity contribution in [2.45, 2.75) is 32.7 Å². The number of rotatable bonds is 4. The van der Waals surface area contributed by atoms with Crippen LogP contribution in [0.2, 0.25) is 0 Å². The van der Waals surface area contributed by atoms with E-state index in [4.69, 9.17) is 4.74 Å². The first-order valence-corrected chi connectivity index (χ1v) is 6.18. The summed E-state index contributed by atoms with van der Waals surface area (Å²) < 4.78 is 5.30. The number of likely N-dealkylation sites (tertiary alicyclic amines) is 1. The van der Waals surface area contributed by atoms with Crippen molar-refractivity contribution in [3.8, 4) is 5.75 Å². The number of hydrogen-bond donors (Lipinski definition) is 0. The summed E-state index contributed by atoms with van der Waals surface area (Å²) in [6.07, 6.45) is 2.65. The Labute approximate surface area is 102 Å². The molecule has 3 heteroatoms. The Hall–Kier alpha value is -1.51. The van der Waals surface area contributed by atoms with Gasteiger partial charge in [-0.1, -0.05) is 19.1 Å². The monoisotopic (exact) mass is 233 g/mol. The van der Waals surface area contributed by atoms with Gasteiger partial charge in [-0.25, -0.2) is 0 Å². The first kappa shape index (κ1) is 12.0. The van der Waals surface area contributed by atoms with E-state index >= 15 is 0 Å². The van der Waals surface area contributed by atoms with Gasteiger partial charge in [-0.2, -0.15) is 0 Å². The lowest BCUT2D eigenvalue weighted by molar-refractivity contribution is -0.128. The minimum Gasteiger partial charge on any atom is -0.496 e. The van der Waals surface area contributed by atoms with Crippen molar-refractivity contribution >= 4 is 5.91 Å². The van der Waals surface area contributed by atoms with E-state index in [0.29, 0.717) is 6.42 Å². The van der Waals surface area contributed by atoms with Gasteiger partial charge in [-0.3, -0.25) is 4.79 Å². The summed E-state index contributed by atoms with van der Waals surface area (Å²) in [5.41, 5.74) is 2.40. The first-order valence-electron chi connectivity index (χ1n) is 6.18. The number of amides is 1. The van der Waals surface area contributed by atoms with Crippen LogP contribution in [0.25, 0.3) is 0 Å². The Kier molecular flexibility index (Phi) is 3.67. The predicted octanol–water partition coefficient (Wildman–Crippen LogP) is 2.38. The lowest BCUT2D eigenvalue weighted by Crippen LogP contribution is -2.23. The molecule has 17 heavy (non-hydrogen) atoms. The molecular weight excluding hydrogens is 214 g/mol. The first-order chi connectivity index (χ1) is 8.24. The molecule has 0 aromatic heterocycles. The summed E-state index contributed by atoms with van der Waals surface area (Å²) in [6.45, 7) is 3.74. The van der Waals surface area contributed by atoms with Crippen LogP contribution in [-0.2, 0) is 17.8 Å². The zero-order valence-corrected chi connectivity index (χ0v) is 10.5. The molecule has 1 saturated heterocycles. The van der Waals surface area contributed by atoms with Gasteiger partial charge in [0.15, 0.2) is 0 Å². The maximum atomic E-state index is 11.6. The van der Waals surface area contributed by atoms with E-state index in [2.05, 4.69) is 13.0 Å². The van der Waals surface area contributed by atoms with Crippen LogP contribution >= 0.6 is 0 Å². The number of ether oxygens (including phenoxy) is 1. The summed E-state index contributed by atoms with van der Waals surface area (Å²) in [4.78, 5) is 13.5. The van der Waals surface area contributed by atoms with E-state index in [1.807, 2.05) is 17.0 Å². The van der Waals surface area contributed by atoms with Gasteiger partial charge in [0, 0.05) is 19.5 Å². The Bertz CT molecular complexity index is 415. The van der Waals surface area contributed by atoms with Gasteiger partial charge >= 0.3 is 0 Å². The zero-order valence-electron chi connectivity index (χ0n) is 10.5. The van der Waals surface area contributed by atoms with Crippen molar-refractivity contribution in [2.75, 3.05) is 13.7 Å². The molecule has 0 N–H and O–H groups in total. The van der Waals surface area contributed by atoms with Gasteiger partial charge in [-0.15, -0.1) is 0 Å². The fourth-order valence-electron chi connectivity index (χ4n) is 2.30. The fraction of sp³-hybridized carbons (Fsp3) is 0.500. The van der Waals surface area contributed by atoms with Crippen LogP contribution in [0.1, 0.15) is 30.9 Å². The molecule has 0 saturated carbocycles. The predicted molar refractivity (Wildman–Crippen MR) is 67.0 cm³/mol. The molecule has 0 bridgehead atoms.